The van der Waals surface area contributed by atoms with Crippen LogP contribution >= 0.6 is 0 Å². The molecule has 0 saturated carbocycles. The predicted molar refractivity (Wildman–Crippen MR) is 108 cm³/mol. The smallest absolute Gasteiger partial charge is 0.308 e. The third-order valence-electron chi connectivity index (χ3n) is 5.37. The molecule has 1 heterocycles. The first-order chi connectivity index (χ1) is 13.1. The molecular weight excluding hydrogens is 356 g/mol. The summed E-state index contributed by atoms with van der Waals surface area (Å²) in [5, 5.41) is 9.15. The van der Waals surface area contributed by atoms with Crippen molar-refractivity contribution in [2.45, 2.75) is 51.9 Å². The summed E-state index contributed by atoms with van der Waals surface area (Å²) < 4.78 is 0. The highest BCUT2D eigenvalue weighted by Gasteiger charge is 2.28. The number of carboxylic acids is 1. The van der Waals surface area contributed by atoms with E-state index in [0.29, 0.717) is 32.2 Å². The lowest BCUT2D eigenvalue weighted by atomic mass is 9.86. The summed E-state index contributed by atoms with van der Waals surface area (Å²) >= 11 is 0. The quantitative estimate of drug-likeness (QED) is 0.813. The van der Waals surface area contributed by atoms with E-state index in [1.807, 2.05) is 0 Å². The van der Waals surface area contributed by atoms with E-state index in [4.69, 9.17) is 5.11 Å². The van der Waals surface area contributed by atoms with Crippen LogP contribution in [0, 0.1) is 5.92 Å². The van der Waals surface area contributed by atoms with Gasteiger partial charge in [0.15, 0.2) is 0 Å². The van der Waals surface area contributed by atoms with Crippen LogP contribution in [0.4, 0.5) is 0 Å². The molecule has 6 nitrogen and oxygen atoms in total. The number of aliphatic carboxylic acids is 1. The second-order valence-electron chi connectivity index (χ2n) is 8.71. The van der Waals surface area contributed by atoms with Crippen molar-refractivity contribution in [2.24, 2.45) is 5.92 Å². The Morgan fingerprint density at radius 3 is 2.39 bits per heavy atom. The van der Waals surface area contributed by atoms with Crippen molar-refractivity contribution >= 4 is 17.8 Å². The monoisotopic (exact) mass is 388 g/mol. The Hall–Kier alpha value is -2.37. The molecule has 0 bridgehead atoms. The van der Waals surface area contributed by atoms with Gasteiger partial charge in [0.05, 0.1) is 12.5 Å². The number of hydrogen-bond donors (Lipinski definition) is 1. The van der Waals surface area contributed by atoms with E-state index in [1.54, 1.807) is 11.9 Å². The van der Waals surface area contributed by atoms with Crippen LogP contribution in [-0.4, -0.2) is 59.4 Å². The van der Waals surface area contributed by atoms with Gasteiger partial charge in [-0.1, -0.05) is 45.0 Å². The number of rotatable bonds is 6. The molecule has 28 heavy (non-hydrogen) atoms. The number of piperidine rings is 1. The van der Waals surface area contributed by atoms with E-state index in [2.05, 4.69) is 45.0 Å². The van der Waals surface area contributed by atoms with Crippen molar-refractivity contribution in [3.8, 4) is 0 Å². The van der Waals surface area contributed by atoms with Crippen molar-refractivity contribution < 1.29 is 19.5 Å². The number of carboxylic acid groups (broad SMARTS) is 1. The fourth-order valence-electron chi connectivity index (χ4n) is 3.41. The van der Waals surface area contributed by atoms with Gasteiger partial charge in [-0.15, -0.1) is 0 Å². The van der Waals surface area contributed by atoms with Gasteiger partial charge in [0, 0.05) is 26.6 Å². The van der Waals surface area contributed by atoms with Gasteiger partial charge in [0.25, 0.3) is 0 Å². The Bertz CT molecular complexity index is 706. The van der Waals surface area contributed by atoms with E-state index in [1.165, 1.54) is 10.5 Å². The molecule has 1 saturated heterocycles. The molecule has 1 fully saturated rings. The molecule has 0 spiro atoms. The molecule has 1 aromatic rings. The van der Waals surface area contributed by atoms with Crippen LogP contribution in [-0.2, 0) is 26.2 Å². The molecule has 0 radical (unpaired) electrons. The third kappa shape index (κ3) is 6.08. The Balaban J connectivity index is 1.82. The first kappa shape index (κ1) is 21.9. The van der Waals surface area contributed by atoms with E-state index in [0.717, 1.165) is 5.56 Å². The third-order valence-corrected chi connectivity index (χ3v) is 5.37. The summed E-state index contributed by atoms with van der Waals surface area (Å²) in [6.07, 6.45) is 2.26. The molecule has 1 unspecified atom stereocenters. The summed E-state index contributed by atoms with van der Waals surface area (Å²) in [6, 6.07) is 8.31. The molecule has 1 atom stereocenters. The maximum atomic E-state index is 12.4. The van der Waals surface area contributed by atoms with Crippen LogP contribution in [0.1, 0.15) is 51.2 Å². The lowest BCUT2D eigenvalue weighted by Crippen LogP contribution is -2.46. The van der Waals surface area contributed by atoms with Crippen LogP contribution in [0.2, 0.25) is 0 Å². The largest absolute Gasteiger partial charge is 0.481 e. The lowest BCUT2D eigenvalue weighted by Gasteiger charge is -2.32. The van der Waals surface area contributed by atoms with E-state index in [-0.39, 0.29) is 30.3 Å². The van der Waals surface area contributed by atoms with Gasteiger partial charge in [0.2, 0.25) is 11.8 Å². The van der Waals surface area contributed by atoms with Crippen LogP contribution in [0.5, 0.6) is 0 Å². The Labute approximate surface area is 167 Å². The van der Waals surface area contributed by atoms with E-state index < -0.39 is 11.9 Å². The van der Waals surface area contributed by atoms with Crippen molar-refractivity contribution in [2.75, 3.05) is 26.7 Å². The molecule has 6 heteroatoms. The van der Waals surface area contributed by atoms with Crippen LogP contribution in [0.15, 0.2) is 24.3 Å². The number of likely N-dealkylation sites (N-methyl/N-ethyl adjacent to an activating group) is 1. The minimum atomic E-state index is -0.862. The van der Waals surface area contributed by atoms with Crippen LogP contribution in [0.3, 0.4) is 0 Å². The normalized spacial score (nSPS) is 17.3. The Morgan fingerprint density at radius 2 is 1.82 bits per heavy atom. The maximum Gasteiger partial charge on any atom is 0.308 e. The number of hydrogen-bond acceptors (Lipinski definition) is 3. The number of likely N-dealkylation sites (tertiary alicyclic amines) is 1. The fourth-order valence-corrected chi connectivity index (χ4v) is 3.41. The van der Waals surface area contributed by atoms with Gasteiger partial charge in [-0.2, -0.15) is 0 Å². The molecule has 0 aromatic heterocycles. The average Bonchev–Trinajstić information content (AvgIpc) is 2.65. The summed E-state index contributed by atoms with van der Waals surface area (Å²) in [5.41, 5.74) is 2.45. The second kappa shape index (κ2) is 9.22. The average molecular weight is 389 g/mol. The van der Waals surface area contributed by atoms with Gasteiger partial charge in [-0.3, -0.25) is 14.4 Å². The van der Waals surface area contributed by atoms with E-state index in [9.17, 15) is 14.4 Å². The Kier molecular flexibility index (Phi) is 7.22. The molecule has 1 aromatic carbocycles. The number of carbonyl (C=O) groups is 3. The summed E-state index contributed by atoms with van der Waals surface area (Å²) in [5.74, 6) is -1.63. The number of aryl methyl sites for hydroxylation is 1. The first-order valence-electron chi connectivity index (χ1n) is 9.92. The maximum absolute atomic E-state index is 12.4. The molecule has 1 N–H and O–H groups in total. The zero-order valence-corrected chi connectivity index (χ0v) is 17.4. The molecule has 0 aliphatic carbocycles. The van der Waals surface area contributed by atoms with Gasteiger partial charge < -0.3 is 14.9 Å². The molecule has 154 valence electrons. The lowest BCUT2D eigenvalue weighted by molar-refractivity contribution is -0.147. The molecule has 1 aliphatic rings. The number of benzene rings is 1. The van der Waals surface area contributed by atoms with Crippen LogP contribution in [0.25, 0.3) is 0 Å². The predicted octanol–water partition coefficient (Wildman–Crippen LogP) is 2.70. The van der Waals surface area contributed by atoms with Gasteiger partial charge in [-0.05, 0) is 35.8 Å². The highest BCUT2D eigenvalue weighted by atomic mass is 16.4. The van der Waals surface area contributed by atoms with Gasteiger partial charge in [-0.25, -0.2) is 0 Å². The Morgan fingerprint density at radius 1 is 1.18 bits per heavy atom. The highest BCUT2D eigenvalue weighted by Crippen LogP contribution is 2.22. The summed E-state index contributed by atoms with van der Waals surface area (Å²) in [7, 11) is 1.63. The second-order valence-corrected chi connectivity index (χ2v) is 8.71. The first-order valence-corrected chi connectivity index (χ1v) is 9.92. The van der Waals surface area contributed by atoms with Crippen molar-refractivity contribution in [3.63, 3.8) is 0 Å². The summed E-state index contributed by atoms with van der Waals surface area (Å²) in [4.78, 5) is 39.0. The van der Waals surface area contributed by atoms with Gasteiger partial charge in [0.1, 0.15) is 0 Å². The van der Waals surface area contributed by atoms with E-state index >= 15 is 0 Å². The van der Waals surface area contributed by atoms with Crippen molar-refractivity contribution in [1.29, 1.82) is 0 Å². The zero-order valence-electron chi connectivity index (χ0n) is 17.4. The number of amides is 2. The minimum Gasteiger partial charge on any atom is -0.481 e. The highest BCUT2D eigenvalue weighted by molar-refractivity contribution is 5.85. The molecular formula is C22H32N2O4. The number of nitrogens with zero attached hydrogens (tertiary/aromatic N) is 2. The SMILES string of the molecule is CN(CC(=O)N1CCCC(C(=O)O)C1)C(=O)CCc1ccc(C(C)(C)C)cc1. The van der Waals surface area contributed by atoms with Gasteiger partial charge >= 0.3 is 5.97 Å². The number of carbonyl (C=O) groups excluding carboxylic acids is 2. The molecule has 2 amide bonds. The fraction of sp³-hybridized carbons (Fsp3) is 0.591. The topological polar surface area (TPSA) is 77.9 Å². The van der Waals surface area contributed by atoms with Crippen molar-refractivity contribution in [3.05, 3.63) is 35.4 Å². The summed E-state index contributed by atoms with van der Waals surface area (Å²) in [6.45, 7) is 7.28. The minimum absolute atomic E-state index is 0.00582. The standard InChI is InChI=1S/C22H32N2O4/c1-22(2,3)18-10-7-16(8-11-18)9-12-19(25)23(4)15-20(26)24-13-5-6-17(14-24)21(27)28/h7-8,10-11,17H,5-6,9,12-15H2,1-4H3,(H,27,28). The van der Waals surface area contributed by atoms with Crippen molar-refractivity contribution in [1.82, 2.24) is 9.80 Å². The molecule has 1 aliphatic heterocycles. The van der Waals surface area contributed by atoms with Crippen LogP contribution < -0.4 is 0 Å². The zero-order chi connectivity index (χ0) is 20.9. The molecule has 2 rings (SSSR count).